The van der Waals surface area contributed by atoms with Gasteiger partial charge >= 0.3 is 0 Å². The van der Waals surface area contributed by atoms with Gasteiger partial charge in [0.15, 0.2) is 0 Å². The lowest BCUT2D eigenvalue weighted by Crippen LogP contribution is -2.46. The largest absolute Gasteiger partial charge is 0.271 e. The number of nitrogens with zero attached hydrogens (tertiary/aromatic N) is 1. The molecule has 1 unspecified atom stereocenters. The van der Waals surface area contributed by atoms with Gasteiger partial charge in [0.1, 0.15) is 6.04 Å². The SMILES string of the molecule is O=C(NN=C1CCCCC1)C(Cc1ccccc1)NS(=O)(=O)c1ccc(Cl)cc1. The molecule has 8 heteroatoms. The van der Waals surface area contributed by atoms with Crippen LogP contribution in [0.5, 0.6) is 0 Å². The second-order valence-corrected chi connectivity index (χ2v) is 9.18. The summed E-state index contributed by atoms with van der Waals surface area (Å²) in [7, 11) is -3.90. The molecule has 1 amide bonds. The van der Waals surface area contributed by atoms with Crippen molar-refractivity contribution in [3.05, 3.63) is 65.2 Å². The predicted octanol–water partition coefficient (Wildman–Crippen LogP) is 3.67. The second kappa shape index (κ2) is 10.0. The van der Waals surface area contributed by atoms with Crippen molar-refractivity contribution in [1.29, 1.82) is 0 Å². The van der Waals surface area contributed by atoms with Gasteiger partial charge in [0.05, 0.1) is 4.90 Å². The molecule has 2 aromatic rings. The summed E-state index contributed by atoms with van der Waals surface area (Å²) in [5.41, 5.74) is 4.35. The molecule has 0 bridgehead atoms. The summed E-state index contributed by atoms with van der Waals surface area (Å²) >= 11 is 5.85. The minimum atomic E-state index is -3.90. The van der Waals surface area contributed by atoms with Gasteiger partial charge in [-0.3, -0.25) is 4.79 Å². The number of hydrogen-bond acceptors (Lipinski definition) is 4. The van der Waals surface area contributed by atoms with Crippen LogP contribution in [0.25, 0.3) is 0 Å². The third kappa shape index (κ3) is 6.39. The van der Waals surface area contributed by atoms with E-state index >= 15 is 0 Å². The van der Waals surface area contributed by atoms with E-state index in [0.29, 0.717) is 5.02 Å². The second-order valence-electron chi connectivity index (χ2n) is 7.03. The Morgan fingerprint density at radius 3 is 2.31 bits per heavy atom. The summed E-state index contributed by atoms with van der Waals surface area (Å²) in [5, 5.41) is 4.66. The van der Waals surface area contributed by atoms with Crippen molar-refractivity contribution < 1.29 is 13.2 Å². The van der Waals surface area contributed by atoms with Crippen LogP contribution >= 0.6 is 11.6 Å². The number of nitrogens with one attached hydrogen (secondary N) is 2. The van der Waals surface area contributed by atoms with Crippen molar-refractivity contribution in [2.24, 2.45) is 5.10 Å². The number of carbonyl (C=O) groups is 1. The summed E-state index contributed by atoms with van der Waals surface area (Å²) in [4.78, 5) is 12.8. The fraction of sp³-hybridized carbons (Fsp3) is 0.333. The maximum atomic E-state index is 12.8. The van der Waals surface area contributed by atoms with Crippen molar-refractivity contribution >= 4 is 33.2 Å². The predicted molar refractivity (Wildman–Crippen MR) is 114 cm³/mol. The van der Waals surface area contributed by atoms with Crippen molar-refractivity contribution in [2.75, 3.05) is 0 Å². The minimum Gasteiger partial charge on any atom is -0.271 e. The first-order chi connectivity index (χ1) is 13.9. The van der Waals surface area contributed by atoms with E-state index in [0.717, 1.165) is 37.0 Å². The van der Waals surface area contributed by atoms with E-state index in [4.69, 9.17) is 11.6 Å². The Kier molecular flexibility index (Phi) is 7.41. The van der Waals surface area contributed by atoms with Crippen LogP contribution in [0.2, 0.25) is 5.02 Å². The summed E-state index contributed by atoms with van der Waals surface area (Å²) < 4.78 is 28.1. The number of rotatable bonds is 7. The monoisotopic (exact) mass is 433 g/mol. The zero-order valence-corrected chi connectivity index (χ0v) is 17.5. The molecule has 1 aliphatic rings. The zero-order chi connectivity index (χ0) is 20.7. The molecular weight excluding hydrogens is 410 g/mol. The van der Waals surface area contributed by atoms with E-state index in [1.165, 1.54) is 30.7 Å². The highest BCUT2D eigenvalue weighted by Gasteiger charge is 2.26. The lowest BCUT2D eigenvalue weighted by molar-refractivity contribution is -0.122. The van der Waals surface area contributed by atoms with Gasteiger partial charge in [-0.1, -0.05) is 48.4 Å². The lowest BCUT2D eigenvalue weighted by Gasteiger charge is -2.18. The van der Waals surface area contributed by atoms with Crippen LogP contribution in [0.15, 0.2) is 64.6 Å². The van der Waals surface area contributed by atoms with E-state index < -0.39 is 22.0 Å². The number of hydrazone groups is 1. The topological polar surface area (TPSA) is 87.6 Å². The number of halogens is 1. The molecule has 0 spiro atoms. The molecule has 6 nitrogen and oxygen atoms in total. The zero-order valence-electron chi connectivity index (χ0n) is 16.0. The van der Waals surface area contributed by atoms with E-state index in [1.807, 2.05) is 30.3 Å². The van der Waals surface area contributed by atoms with E-state index in [2.05, 4.69) is 15.2 Å². The molecule has 0 heterocycles. The molecule has 29 heavy (non-hydrogen) atoms. The van der Waals surface area contributed by atoms with Gasteiger partial charge in [-0.15, -0.1) is 0 Å². The van der Waals surface area contributed by atoms with Crippen molar-refractivity contribution in [2.45, 2.75) is 49.5 Å². The number of hydrogen-bond donors (Lipinski definition) is 2. The van der Waals surface area contributed by atoms with Crippen LogP contribution in [0, 0.1) is 0 Å². The molecule has 1 fully saturated rings. The van der Waals surface area contributed by atoms with E-state index in [-0.39, 0.29) is 11.3 Å². The van der Waals surface area contributed by atoms with Crippen LogP contribution in [0.4, 0.5) is 0 Å². The van der Waals surface area contributed by atoms with Crippen molar-refractivity contribution in [3.63, 3.8) is 0 Å². The first-order valence-electron chi connectivity index (χ1n) is 9.61. The lowest BCUT2D eigenvalue weighted by atomic mass is 9.99. The normalized spacial score (nSPS) is 15.6. The Balaban J connectivity index is 1.78. The Morgan fingerprint density at radius 1 is 1.00 bits per heavy atom. The molecule has 2 N–H and O–H groups in total. The smallest absolute Gasteiger partial charge is 0.258 e. The Bertz CT molecular complexity index is 952. The van der Waals surface area contributed by atoms with Gasteiger partial charge in [-0.05, 0) is 61.9 Å². The first kappa shape index (κ1) is 21.5. The summed E-state index contributed by atoms with van der Waals surface area (Å²) in [6.07, 6.45) is 5.23. The van der Waals surface area contributed by atoms with Crippen LogP contribution in [-0.2, 0) is 21.2 Å². The third-order valence-electron chi connectivity index (χ3n) is 4.78. The Hall–Kier alpha value is -2.22. The van der Waals surface area contributed by atoms with Crippen molar-refractivity contribution in [3.8, 4) is 0 Å². The molecule has 0 saturated heterocycles. The quantitative estimate of drug-likeness (QED) is 0.653. The minimum absolute atomic E-state index is 0.0476. The maximum Gasteiger partial charge on any atom is 0.258 e. The fourth-order valence-electron chi connectivity index (χ4n) is 3.19. The summed E-state index contributed by atoms with van der Waals surface area (Å²) in [6.45, 7) is 0. The Morgan fingerprint density at radius 2 is 1.66 bits per heavy atom. The van der Waals surface area contributed by atoms with Crippen LogP contribution in [0.3, 0.4) is 0 Å². The van der Waals surface area contributed by atoms with Gasteiger partial charge in [-0.25, -0.2) is 13.8 Å². The molecule has 1 atom stereocenters. The molecule has 3 rings (SSSR count). The number of benzene rings is 2. The maximum absolute atomic E-state index is 12.8. The number of amides is 1. The fourth-order valence-corrected chi connectivity index (χ4v) is 4.51. The highest BCUT2D eigenvalue weighted by molar-refractivity contribution is 7.89. The number of carbonyl (C=O) groups excluding carboxylic acids is 1. The average molecular weight is 434 g/mol. The highest BCUT2D eigenvalue weighted by atomic mass is 35.5. The van der Waals surface area contributed by atoms with Gasteiger partial charge in [0.25, 0.3) is 5.91 Å². The highest BCUT2D eigenvalue weighted by Crippen LogP contribution is 2.16. The van der Waals surface area contributed by atoms with E-state index in [9.17, 15) is 13.2 Å². The molecule has 0 aliphatic heterocycles. The van der Waals surface area contributed by atoms with Crippen LogP contribution < -0.4 is 10.1 Å². The van der Waals surface area contributed by atoms with Crippen LogP contribution in [0.1, 0.15) is 37.7 Å². The molecule has 0 radical (unpaired) electrons. The standard InChI is InChI=1S/C21H24ClN3O3S/c22-17-11-13-19(14-12-17)29(27,28)25-20(15-16-7-3-1-4-8-16)21(26)24-23-18-9-5-2-6-10-18/h1,3-4,7-8,11-14,20,25H,2,5-6,9-10,15H2,(H,24,26). The van der Waals surface area contributed by atoms with Crippen LogP contribution in [-0.4, -0.2) is 26.1 Å². The van der Waals surface area contributed by atoms with Crippen molar-refractivity contribution in [1.82, 2.24) is 10.1 Å². The molecule has 1 aliphatic carbocycles. The average Bonchev–Trinajstić information content (AvgIpc) is 2.73. The molecule has 154 valence electrons. The molecule has 2 aromatic carbocycles. The van der Waals surface area contributed by atoms with E-state index in [1.54, 1.807) is 0 Å². The van der Waals surface area contributed by atoms with Gasteiger partial charge < -0.3 is 0 Å². The molecule has 1 saturated carbocycles. The van der Waals surface area contributed by atoms with Gasteiger partial charge in [0.2, 0.25) is 10.0 Å². The number of sulfonamides is 1. The first-order valence-corrected chi connectivity index (χ1v) is 11.5. The summed E-state index contributed by atoms with van der Waals surface area (Å²) in [5.74, 6) is -0.482. The van der Waals surface area contributed by atoms with Gasteiger partial charge in [-0.2, -0.15) is 9.82 Å². The summed E-state index contributed by atoms with van der Waals surface area (Å²) in [6, 6.07) is 14.1. The molecule has 0 aromatic heterocycles. The third-order valence-corrected chi connectivity index (χ3v) is 6.51. The van der Waals surface area contributed by atoms with Gasteiger partial charge in [0, 0.05) is 10.7 Å². The molecular formula is C21H24ClN3O3S. The Labute approximate surface area is 176 Å².